The van der Waals surface area contributed by atoms with E-state index >= 15 is 0 Å². The van der Waals surface area contributed by atoms with Crippen LogP contribution in [0.1, 0.15) is 52.0 Å². The first kappa shape index (κ1) is 28.5. The van der Waals surface area contributed by atoms with Gasteiger partial charge in [0.15, 0.2) is 11.5 Å². The first-order chi connectivity index (χ1) is 17.6. The largest absolute Gasteiger partial charge is 0.481 e. The van der Waals surface area contributed by atoms with E-state index in [1.165, 1.54) is 11.9 Å². The van der Waals surface area contributed by atoms with Gasteiger partial charge >= 0.3 is 17.7 Å². The summed E-state index contributed by atoms with van der Waals surface area (Å²) in [5, 5.41) is 19.5. The predicted octanol–water partition coefficient (Wildman–Crippen LogP) is 3.07. The molecule has 0 bridgehead atoms. The number of aromatic nitrogens is 4. The molecule has 0 spiro atoms. The molecule has 0 saturated heterocycles. The van der Waals surface area contributed by atoms with Crippen molar-refractivity contribution < 1.29 is 19.7 Å². The minimum atomic E-state index is -0.915. The number of imidazole rings is 1. The highest BCUT2D eigenvalue weighted by molar-refractivity contribution is 7.97. The Bertz CT molecular complexity index is 1250. The lowest BCUT2D eigenvalue weighted by atomic mass is 10.1. The molecule has 0 aliphatic carbocycles. The second-order valence-electron chi connectivity index (χ2n) is 9.57. The lowest BCUT2D eigenvalue weighted by Gasteiger charge is -2.28. The zero-order valence-electron chi connectivity index (χ0n) is 21.6. The number of ether oxygens (including phenoxy) is 1. The molecule has 0 amide bonds. The van der Waals surface area contributed by atoms with Crippen LogP contribution in [0.3, 0.4) is 0 Å². The van der Waals surface area contributed by atoms with Gasteiger partial charge in [0, 0.05) is 24.5 Å². The van der Waals surface area contributed by atoms with Gasteiger partial charge in [-0.05, 0) is 62.8 Å². The zero-order valence-corrected chi connectivity index (χ0v) is 22.4. The van der Waals surface area contributed by atoms with Crippen LogP contribution in [0.4, 0.5) is 5.82 Å². The topological polar surface area (TPSA) is 160 Å². The monoisotopic (exact) mass is 532 g/mol. The van der Waals surface area contributed by atoms with Crippen molar-refractivity contribution in [1.82, 2.24) is 23.8 Å². The van der Waals surface area contributed by atoms with Crippen molar-refractivity contribution in [2.75, 3.05) is 25.4 Å². The van der Waals surface area contributed by atoms with E-state index in [4.69, 9.17) is 15.6 Å². The Kier molecular flexibility index (Phi) is 9.95. The summed E-state index contributed by atoms with van der Waals surface area (Å²) >= 11 is 1.48. The van der Waals surface area contributed by atoms with Gasteiger partial charge in [-0.25, -0.2) is 9.10 Å². The predicted molar refractivity (Wildman–Crippen MR) is 144 cm³/mol. The van der Waals surface area contributed by atoms with Crippen LogP contribution in [0.25, 0.3) is 11.2 Å². The van der Waals surface area contributed by atoms with Crippen molar-refractivity contribution in [2.24, 2.45) is 0 Å². The van der Waals surface area contributed by atoms with Crippen LogP contribution in [0.5, 0.6) is 6.01 Å². The number of aromatic amines is 1. The fourth-order valence-electron chi connectivity index (χ4n) is 3.79. The molecule has 0 saturated carbocycles. The van der Waals surface area contributed by atoms with Gasteiger partial charge in [0.2, 0.25) is 0 Å². The van der Waals surface area contributed by atoms with Gasteiger partial charge in [0.1, 0.15) is 5.52 Å². The summed E-state index contributed by atoms with van der Waals surface area (Å²) < 4.78 is 9.19. The summed E-state index contributed by atoms with van der Waals surface area (Å²) in [6, 6.07) is 7.55. The number of aryl methyl sites for hydroxylation is 1. The number of anilines is 1. The molecule has 3 aromatic rings. The average molecular weight is 533 g/mol. The molecule has 37 heavy (non-hydrogen) atoms. The van der Waals surface area contributed by atoms with Gasteiger partial charge in [-0.15, -0.1) is 0 Å². The molecule has 0 unspecified atom stereocenters. The third-order valence-corrected chi connectivity index (χ3v) is 6.48. The SMILES string of the molecule is CCCCOc1nc(N)c2[nH]c(=O)n(CCCCN(CC(C)(C)O)Sc3cccc(CC(=O)O)c3)c2n1. The number of nitrogen functional groups attached to an aromatic ring is 1. The lowest BCUT2D eigenvalue weighted by Crippen LogP contribution is -2.35. The Hall–Kier alpha value is -3.09. The minimum Gasteiger partial charge on any atom is -0.481 e. The maximum Gasteiger partial charge on any atom is 0.327 e. The maximum atomic E-state index is 12.6. The smallest absolute Gasteiger partial charge is 0.327 e. The lowest BCUT2D eigenvalue weighted by molar-refractivity contribution is -0.136. The van der Waals surface area contributed by atoms with E-state index in [1.54, 1.807) is 24.5 Å². The second-order valence-corrected chi connectivity index (χ2v) is 10.7. The van der Waals surface area contributed by atoms with E-state index in [0.29, 0.717) is 43.8 Å². The molecule has 5 N–H and O–H groups in total. The molecule has 0 fully saturated rings. The molecule has 202 valence electrons. The van der Waals surface area contributed by atoms with E-state index < -0.39 is 11.6 Å². The van der Waals surface area contributed by atoms with Gasteiger partial charge in [-0.2, -0.15) is 9.97 Å². The molecule has 0 atom stereocenters. The molecule has 0 aliphatic rings. The number of aliphatic hydroxyl groups is 1. The number of hydrogen-bond donors (Lipinski definition) is 4. The third kappa shape index (κ3) is 8.76. The van der Waals surface area contributed by atoms with Crippen molar-refractivity contribution >= 4 is 34.9 Å². The van der Waals surface area contributed by atoms with Crippen LogP contribution in [0.15, 0.2) is 34.0 Å². The van der Waals surface area contributed by atoms with Crippen LogP contribution in [0.2, 0.25) is 0 Å². The van der Waals surface area contributed by atoms with Crippen LogP contribution >= 0.6 is 11.9 Å². The molecule has 12 heteroatoms. The average Bonchev–Trinajstić information content (AvgIpc) is 3.11. The van der Waals surface area contributed by atoms with E-state index in [1.807, 2.05) is 18.2 Å². The highest BCUT2D eigenvalue weighted by Gasteiger charge is 2.20. The number of carboxylic acids is 1. The Morgan fingerprint density at radius 3 is 2.76 bits per heavy atom. The number of rotatable bonds is 15. The van der Waals surface area contributed by atoms with Crippen LogP contribution in [-0.4, -0.2) is 65.3 Å². The van der Waals surface area contributed by atoms with Crippen LogP contribution < -0.4 is 16.2 Å². The molecule has 1 aromatic carbocycles. The number of nitrogens with zero attached hydrogens (tertiary/aromatic N) is 4. The van der Waals surface area contributed by atoms with Gasteiger partial charge in [0.05, 0.1) is 18.6 Å². The molecule has 2 aromatic heterocycles. The first-order valence-electron chi connectivity index (χ1n) is 12.4. The summed E-state index contributed by atoms with van der Waals surface area (Å²) in [5.41, 5.74) is 6.34. The maximum absolute atomic E-state index is 12.6. The van der Waals surface area contributed by atoms with Crippen molar-refractivity contribution in [1.29, 1.82) is 0 Å². The number of unbranched alkanes of at least 4 members (excludes halogenated alkanes) is 2. The summed E-state index contributed by atoms with van der Waals surface area (Å²) in [6.45, 7) is 7.52. The van der Waals surface area contributed by atoms with Crippen LogP contribution in [-0.2, 0) is 17.8 Å². The van der Waals surface area contributed by atoms with E-state index in [0.717, 1.165) is 29.7 Å². The summed E-state index contributed by atoms with van der Waals surface area (Å²) in [4.78, 5) is 35.8. The molecular weight excluding hydrogens is 496 g/mol. The zero-order chi connectivity index (χ0) is 27.0. The second kappa shape index (κ2) is 12.9. The Balaban J connectivity index is 1.66. The number of nitrogens with one attached hydrogen (secondary N) is 1. The number of carbonyl (C=O) groups is 1. The summed E-state index contributed by atoms with van der Waals surface area (Å²) in [7, 11) is 0. The molecule has 11 nitrogen and oxygen atoms in total. The molecule has 0 aliphatic heterocycles. The fourth-order valence-corrected chi connectivity index (χ4v) is 5.04. The number of fused-ring (bicyclic) bond motifs is 1. The quantitative estimate of drug-likeness (QED) is 0.169. The molecule has 3 rings (SSSR count). The number of nitrogens with two attached hydrogens (primary N) is 1. The number of hydrogen-bond acceptors (Lipinski definition) is 9. The van der Waals surface area contributed by atoms with E-state index in [2.05, 4.69) is 26.2 Å². The minimum absolute atomic E-state index is 0.0430. The van der Waals surface area contributed by atoms with E-state index in [9.17, 15) is 14.7 Å². The summed E-state index contributed by atoms with van der Waals surface area (Å²) in [5.74, 6) is -0.708. The van der Waals surface area contributed by atoms with Crippen molar-refractivity contribution in [2.45, 2.75) is 69.9 Å². The van der Waals surface area contributed by atoms with Crippen molar-refractivity contribution in [3.05, 3.63) is 40.3 Å². The van der Waals surface area contributed by atoms with Crippen molar-refractivity contribution in [3.8, 4) is 6.01 Å². The Labute approximate surface area is 220 Å². The van der Waals surface area contributed by atoms with Gasteiger partial charge in [-0.1, -0.05) is 25.5 Å². The normalized spacial score (nSPS) is 11.9. The van der Waals surface area contributed by atoms with Gasteiger partial charge < -0.3 is 25.7 Å². The molecule has 0 radical (unpaired) electrons. The molecule has 2 heterocycles. The highest BCUT2D eigenvalue weighted by atomic mass is 32.2. The number of carboxylic acid groups (broad SMARTS) is 1. The molecular formula is C25H36N6O5S. The van der Waals surface area contributed by atoms with Crippen LogP contribution in [0, 0.1) is 0 Å². The third-order valence-electron chi connectivity index (χ3n) is 5.45. The summed E-state index contributed by atoms with van der Waals surface area (Å²) in [6.07, 6.45) is 3.23. The van der Waals surface area contributed by atoms with Gasteiger partial charge in [0.25, 0.3) is 0 Å². The van der Waals surface area contributed by atoms with Crippen molar-refractivity contribution in [3.63, 3.8) is 0 Å². The fraction of sp³-hybridized carbons (Fsp3) is 0.520. The van der Waals surface area contributed by atoms with Gasteiger partial charge in [-0.3, -0.25) is 9.36 Å². The number of benzene rings is 1. The Morgan fingerprint density at radius 1 is 1.27 bits per heavy atom. The number of aliphatic carboxylic acids is 1. The Morgan fingerprint density at radius 2 is 2.05 bits per heavy atom. The first-order valence-corrected chi connectivity index (χ1v) is 13.2. The van der Waals surface area contributed by atoms with E-state index in [-0.39, 0.29) is 23.9 Å². The standard InChI is InChI=1S/C25H36N6O5S/c1-4-5-13-36-23-28-21(26)20-22(29-23)31(24(34)27-20)12-7-6-11-30(16-25(2,3)35)37-18-10-8-9-17(14-18)15-19(32)33/h8-10,14,35H,4-7,11-13,15-16H2,1-3H3,(H,27,34)(H,32,33)(H2,26,28,29). The highest BCUT2D eigenvalue weighted by Crippen LogP contribution is 2.26. The number of H-pyrrole nitrogens is 1.